The fraction of sp³-hybridized carbons (Fsp3) is 0.529. The summed E-state index contributed by atoms with van der Waals surface area (Å²) in [4.78, 5) is 26.3. The molecule has 2 N–H and O–H groups in total. The van der Waals surface area contributed by atoms with E-state index >= 15 is 0 Å². The van der Waals surface area contributed by atoms with Gasteiger partial charge in [-0.15, -0.1) is 0 Å². The molecule has 2 amide bonds. The Hall–Kier alpha value is -2.08. The number of quaternary nitrogens is 1. The van der Waals surface area contributed by atoms with Crippen LogP contribution in [-0.4, -0.2) is 63.1 Å². The van der Waals surface area contributed by atoms with Gasteiger partial charge in [0.05, 0.1) is 33.3 Å². The van der Waals surface area contributed by atoms with Crippen LogP contribution in [0.2, 0.25) is 0 Å². The van der Waals surface area contributed by atoms with Crippen molar-refractivity contribution in [3.8, 4) is 5.75 Å². The van der Waals surface area contributed by atoms with Gasteiger partial charge in [-0.25, -0.2) is 0 Å². The summed E-state index contributed by atoms with van der Waals surface area (Å²) in [5, 5.41) is 2.97. The maximum absolute atomic E-state index is 12.0. The molecule has 0 atom stereocenters. The van der Waals surface area contributed by atoms with Crippen LogP contribution in [0, 0.1) is 0 Å². The number of nitrogens with one attached hydrogen (secondary N) is 2. The van der Waals surface area contributed by atoms with E-state index in [-0.39, 0.29) is 11.8 Å². The predicted molar refractivity (Wildman–Crippen MR) is 87.5 cm³/mol. The van der Waals surface area contributed by atoms with Gasteiger partial charge in [0.15, 0.2) is 6.54 Å². The highest BCUT2D eigenvalue weighted by Gasteiger charge is 2.23. The molecule has 2 rings (SSSR count). The number of carbonyl (C=O) groups excluding carboxylic acids is 2. The minimum Gasteiger partial charge on any atom is -0.497 e. The Morgan fingerprint density at radius 3 is 2.43 bits per heavy atom. The zero-order valence-corrected chi connectivity index (χ0v) is 13.9. The van der Waals surface area contributed by atoms with Gasteiger partial charge in [0.25, 0.3) is 5.91 Å². The number of amides is 2. The van der Waals surface area contributed by atoms with Crippen LogP contribution in [0.15, 0.2) is 24.3 Å². The molecule has 1 aromatic carbocycles. The van der Waals surface area contributed by atoms with E-state index in [1.165, 1.54) is 10.5 Å². The number of nitrogens with zero attached hydrogens (tertiary/aromatic N) is 1. The SMILES string of the molecule is COc1ccc(CCNC(=O)C[NH+]2CCN(C(C)=O)CC2)cc1. The van der Waals surface area contributed by atoms with Crippen molar-refractivity contribution in [1.29, 1.82) is 0 Å². The fourth-order valence-corrected chi connectivity index (χ4v) is 2.74. The summed E-state index contributed by atoms with van der Waals surface area (Å²) in [6, 6.07) is 7.88. The molecular weight excluding hydrogens is 294 g/mol. The number of piperazine rings is 1. The molecule has 0 radical (unpaired) electrons. The van der Waals surface area contributed by atoms with Crippen LogP contribution in [0.4, 0.5) is 0 Å². The molecule has 1 aliphatic rings. The Labute approximate surface area is 137 Å². The first-order valence-electron chi connectivity index (χ1n) is 8.07. The van der Waals surface area contributed by atoms with Crippen LogP contribution >= 0.6 is 0 Å². The third-order valence-electron chi connectivity index (χ3n) is 4.22. The molecule has 1 aliphatic heterocycles. The largest absolute Gasteiger partial charge is 0.497 e. The minimum atomic E-state index is 0.0739. The number of benzene rings is 1. The fourth-order valence-electron chi connectivity index (χ4n) is 2.74. The number of methoxy groups -OCH3 is 1. The molecule has 126 valence electrons. The summed E-state index contributed by atoms with van der Waals surface area (Å²) >= 11 is 0. The van der Waals surface area contributed by atoms with Crippen LogP contribution in [-0.2, 0) is 16.0 Å². The average molecular weight is 320 g/mol. The highest BCUT2D eigenvalue weighted by atomic mass is 16.5. The lowest BCUT2D eigenvalue weighted by atomic mass is 10.1. The minimum absolute atomic E-state index is 0.0739. The van der Waals surface area contributed by atoms with Gasteiger partial charge in [-0.2, -0.15) is 0 Å². The first-order valence-corrected chi connectivity index (χ1v) is 8.07. The van der Waals surface area contributed by atoms with E-state index in [1.54, 1.807) is 14.0 Å². The molecule has 1 aromatic rings. The summed E-state index contributed by atoms with van der Waals surface area (Å²) in [6.07, 6.45) is 0.809. The molecule has 0 saturated carbocycles. The van der Waals surface area contributed by atoms with E-state index < -0.39 is 0 Å². The molecule has 6 heteroatoms. The van der Waals surface area contributed by atoms with Crippen LogP contribution in [0.5, 0.6) is 5.75 Å². The third kappa shape index (κ3) is 5.56. The summed E-state index contributed by atoms with van der Waals surface area (Å²) in [6.45, 7) is 5.87. The standard InChI is InChI=1S/C17H25N3O3/c1-14(21)20-11-9-19(10-12-20)13-17(22)18-8-7-15-3-5-16(23-2)6-4-15/h3-6H,7-13H2,1-2H3,(H,18,22)/p+1. The second-order valence-electron chi connectivity index (χ2n) is 5.88. The molecule has 0 aliphatic carbocycles. The maximum atomic E-state index is 12.0. The molecule has 6 nitrogen and oxygen atoms in total. The maximum Gasteiger partial charge on any atom is 0.275 e. The van der Waals surface area contributed by atoms with Gasteiger partial charge in [0, 0.05) is 13.5 Å². The highest BCUT2D eigenvalue weighted by Crippen LogP contribution is 2.11. The molecule has 0 spiro atoms. The van der Waals surface area contributed by atoms with E-state index in [2.05, 4.69) is 5.32 Å². The van der Waals surface area contributed by atoms with Crippen molar-refractivity contribution < 1.29 is 19.2 Å². The molecule has 0 bridgehead atoms. The van der Waals surface area contributed by atoms with Gasteiger partial charge in [-0.05, 0) is 24.1 Å². The number of hydrogen-bond donors (Lipinski definition) is 2. The monoisotopic (exact) mass is 320 g/mol. The van der Waals surface area contributed by atoms with Crippen molar-refractivity contribution in [2.24, 2.45) is 0 Å². The molecular formula is C17H26N3O3+. The number of carbonyl (C=O) groups is 2. The second-order valence-corrected chi connectivity index (χ2v) is 5.88. The summed E-state index contributed by atoms with van der Waals surface area (Å²) < 4.78 is 5.12. The third-order valence-corrected chi connectivity index (χ3v) is 4.22. The molecule has 1 heterocycles. The van der Waals surface area contributed by atoms with E-state index in [9.17, 15) is 9.59 Å². The van der Waals surface area contributed by atoms with Crippen molar-refractivity contribution >= 4 is 11.8 Å². The zero-order chi connectivity index (χ0) is 16.7. The Balaban J connectivity index is 1.64. The average Bonchev–Trinajstić information content (AvgIpc) is 2.56. The topological polar surface area (TPSA) is 63.1 Å². The van der Waals surface area contributed by atoms with E-state index in [4.69, 9.17) is 4.74 Å². The zero-order valence-electron chi connectivity index (χ0n) is 13.9. The number of ether oxygens (including phenoxy) is 1. The Kier molecular flexibility index (Phi) is 6.40. The van der Waals surface area contributed by atoms with Gasteiger partial charge in [0.2, 0.25) is 5.91 Å². The van der Waals surface area contributed by atoms with Gasteiger partial charge in [-0.3, -0.25) is 9.59 Å². The quantitative estimate of drug-likeness (QED) is 0.714. The number of hydrogen-bond acceptors (Lipinski definition) is 3. The first-order chi connectivity index (χ1) is 11.1. The van der Waals surface area contributed by atoms with Crippen LogP contribution < -0.4 is 15.0 Å². The van der Waals surface area contributed by atoms with Gasteiger partial charge >= 0.3 is 0 Å². The molecule has 23 heavy (non-hydrogen) atoms. The van der Waals surface area contributed by atoms with E-state index in [1.807, 2.05) is 29.2 Å². The predicted octanol–water partition coefficient (Wildman–Crippen LogP) is -0.899. The lowest BCUT2D eigenvalue weighted by Gasteiger charge is -2.31. The van der Waals surface area contributed by atoms with Crippen molar-refractivity contribution in [3.63, 3.8) is 0 Å². The Bertz CT molecular complexity index is 522. The molecule has 0 aromatic heterocycles. The lowest BCUT2D eigenvalue weighted by Crippen LogP contribution is -3.15. The van der Waals surface area contributed by atoms with Gasteiger partial charge in [0.1, 0.15) is 5.75 Å². The van der Waals surface area contributed by atoms with Crippen molar-refractivity contribution in [2.75, 3.05) is 46.4 Å². The number of rotatable bonds is 6. The second kappa shape index (κ2) is 8.53. The van der Waals surface area contributed by atoms with Crippen LogP contribution in [0.25, 0.3) is 0 Å². The summed E-state index contributed by atoms with van der Waals surface area (Å²) in [7, 11) is 1.65. The van der Waals surface area contributed by atoms with Gasteiger partial charge < -0.3 is 19.9 Å². The van der Waals surface area contributed by atoms with Crippen LogP contribution in [0.3, 0.4) is 0 Å². The molecule has 1 fully saturated rings. The lowest BCUT2D eigenvalue weighted by molar-refractivity contribution is -0.896. The molecule has 1 saturated heterocycles. The van der Waals surface area contributed by atoms with Crippen molar-refractivity contribution in [1.82, 2.24) is 10.2 Å². The smallest absolute Gasteiger partial charge is 0.275 e. The van der Waals surface area contributed by atoms with Crippen molar-refractivity contribution in [2.45, 2.75) is 13.3 Å². The summed E-state index contributed by atoms with van der Waals surface area (Å²) in [5.41, 5.74) is 1.17. The first kappa shape index (κ1) is 17.3. The van der Waals surface area contributed by atoms with Crippen LogP contribution in [0.1, 0.15) is 12.5 Å². The summed E-state index contributed by atoms with van der Waals surface area (Å²) in [5.74, 6) is 1.03. The van der Waals surface area contributed by atoms with Crippen molar-refractivity contribution in [3.05, 3.63) is 29.8 Å². The Morgan fingerprint density at radius 1 is 1.22 bits per heavy atom. The highest BCUT2D eigenvalue weighted by molar-refractivity contribution is 5.76. The normalized spacial score (nSPS) is 15.3. The molecule has 0 unspecified atom stereocenters. The van der Waals surface area contributed by atoms with E-state index in [0.29, 0.717) is 13.1 Å². The Morgan fingerprint density at radius 2 is 1.87 bits per heavy atom. The van der Waals surface area contributed by atoms with E-state index in [0.717, 1.165) is 38.3 Å². The van der Waals surface area contributed by atoms with Gasteiger partial charge in [-0.1, -0.05) is 12.1 Å².